The van der Waals surface area contributed by atoms with Crippen LogP contribution in [0.2, 0.25) is 0 Å². The Morgan fingerprint density at radius 2 is 1.77 bits per heavy atom. The molecule has 2 fully saturated rings. The normalized spacial score (nSPS) is 23.5. The predicted octanol–water partition coefficient (Wildman–Crippen LogP) is 1.13. The predicted molar refractivity (Wildman–Crippen MR) is 94.9 cm³/mol. The monoisotopic (exact) mass is 383 g/mol. The van der Waals surface area contributed by atoms with Crippen LogP contribution in [0.4, 0.5) is 0 Å². The van der Waals surface area contributed by atoms with Gasteiger partial charge in [-0.3, -0.25) is 10.0 Å². The molecular formula is C17H25N3O5S. The summed E-state index contributed by atoms with van der Waals surface area (Å²) in [5.74, 6) is 0.111. The van der Waals surface area contributed by atoms with E-state index < -0.39 is 22.2 Å². The third-order valence-corrected chi connectivity index (χ3v) is 6.98. The maximum absolute atomic E-state index is 13.0. The first-order chi connectivity index (χ1) is 12.5. The van der Waals surface area contributed by atoms with E-state index in [1.54, 1.807) is 5.48 Å². The molecule has 0 spiro atoms. The van der Waals surface area contributed by atoms with Gasteiger partial charge in [0, 0.05) is 19.6 Å². The van der Waals surface area contributed by atoms with Crippen molar-refractivity contribution in [2.75, 3.05) is 19.6 Å². The molecule has 8 nitrogen and oxygen atoms in total. The van der Waals surface area contributed by atoms with Gasteiger partial charge in [0.2, 0.25) is 0 Å². The molecule has 0 radical (unpaired) electrons. The van der Waals surface area contributed by atoms with Crippen molar-refractivity contribution in [2.45, 2.75) is 44.2 Å². The lowest BCUT2D eigenvalue weighted by Crippen LogP contribution is -2.57. The molecule has 2 heterocycles. The summed E-state index contributed by atoms with van der Waals surface area (Å²) < 4.78 is 34.5. The lowest BCUT2D eigenvalue weighted by molar-refractivity contribution is -0.134. The van der Waals surface area contributed by atoms with Gasteiger partial charge >= 0.3 is 0 Å². The maximum Gasteiger partial charge on any atom is 0.282 e. The summed E-state index contributed by atoms with van der Waals surface area (Å²) in [6, 6.07) is 8.63. The zero-order valence-electron chi connectivity index (χ0n) is 14.6. The molecule has 144 valence electrons. The number of para-hydroxylation sites is 1. The molecule has 2 aliphatic rings. The van der Waals surface area contributed by atoms with Gasteiger partial charge in [-0.15, -0.1) is 0 Å². The Morgan fingerprint density at radius 1 is 1.08 bits per heavy atom. The molecule has 0 saturated carbocycles. The molecule has 0 aliphatic carbocycles. The van der Waals surface area contributed by atoms with Gasteiger partial charge in [-0.2, -0.15) is 17.0 Å². The molecule has 0 aromatic heterocycles. The highest BCUT2D eigenvalue weighted by Gasteiger charge is 2.41. The Morgan fingerprint density at radius 3 is 2.42 bits per heavy atom. The van der Waals surface area contributed by atoms with Crippen LogP contribution in [0.1, 0.15) is 32.1 Å². The highest BCUT2D eigenvalue weighted by Crippen LogP contribution is 2.26. The number of amides is 1. The average molecular weight is 383 g/mol. The second-order valence-electron chi connectivity index (χ2n) is 6.64. The van der Waals surface area contributed by atoms with E-state index >= 15 is 0 Å². The minimum absolute atomic E-state index is 0.0262. The first kappa shape index (κ1) is 19.1. The third kappa shape index (κ3) is 4.17. The summed E-state index contributed by atoms with van der Waals surface area (Å²) >= 11 is 0. The van der Waals surface area contributed by atoms with Crippen molar-refractivity contribution in [2.24, 2.45) is 0 Å². The standard InChI is InChI=1S/C17H25N3O5S/c21-17(18-22)16-8-4-5-11-20(16)26(23,24)19-12-9-15(10-13-19)25-14-6-2-1-3-7-14/h1-3,6-7,15-16,22H,4-5,8-13H2,(H,18,21). The van der Waals surface area contributed by atoms with Gasteiger partial charge in [-0.25, -0.2) is 5.48 Å². The van der Waals surface area contributed by atoms with Crippen molar-refractivity contribution in [3.63, 3.8) is 0 Å². The molecule has 26 heavy (non-hydrogen) atoms. The van der Waals surface area contributed by atoms with Crippen molar-refractivity contribution in [3.05, 3.63) is 30.3 Å². The molecule has 0 bridgehead atoms. The van der Waals surface area contributed by atoms with Gasteiger partial charge in [0.15, 0.2) is 0 Å². The number of hydrogen-bond donors (Lipinski definition) is 2. The van der Waals surface area contributed by atoms with Gasteiger partial charge in [0.05, 0.1) is 0 Å². The Balaban J connectivity index is 1.62. The molecule has 3 rings (SSSR count). The quantitative estimate of drug-likeness (QED) is 0.587. The van der Waals surface area contributed by atoms with Crippen molar-refractivity contribution in [1.29, 1.82) is 0 Å². The number of carbonyl (C=O) groups is 1. The van der Waals surface area contributed by atoms with E-state index in [0.717, 1.165) is 12.2 Å². The van der Waals surface area contributed by atoms with Gasteiger partial charge in [-0.1, -0.05) is 24.6 Å². The van der Waals surface area contributed by atoms with E-state index in [2.05, 4.69) is 0 Å². The number of piperidine rings is 2. The van der Waals surface area contributed by atoms with E-state index in [1.165, 1.54) is 8.61 Å². The second kappa shape index (κ2) is 8.34. The molecule has 2 saturated heterocycles. The molecule has 1 aromatic carbocycles. The molecule has 1 aromatic rings. The van der Waals surface area contributed by atoms with Crippen LogP contribution in [0.3, 0.4) is 0 Å². The summed E-state index contributed by atoms with van der Waals surface area (Å²) in [5.41, 5.74) is 1.59. The van der Waals surface area contributed by atoms with Crippen molar-refractivity contribution >= 4 is 16.1 Å². The number of hydroxylamine groups is 1. The Hall–Kier alpha value is -1.68. The Bertz CT molecular complexity index is 704. The topological polar surface area (TPSA) is 99.2 Å². The molecular weight excluding hydrogens is 358 g/mol. The third-order valence-electron chi connectivity index (χ3n) is 4.94. The number of nitrogens with zero attached hydrogens (tertiary/aromatic N) is 2. The molecule has 2 aliphatic heterocycles. The minimum Gasteiger partial charge on any atom is -0.490 e. The fourth-order valence-corrected chi connectivity index (χ4v) is 5.39. The van der Waals surface area contributed by atoms with Gasteiger partial charge in [-0.05, 0) is 37.8 Å². The zero-order chi connectivity index (χ0) is 18.6. The first-order valence-electron chi connectivity index (χ1n) is 8.95. The maximum atomic E-state index is 13.0. The summed E-state index contributed by atoms with van der Waals surface area (Å²) in [6.45, 7) is 0.995. The van der Waals surface area contributed by atoms with Crippen molar-refractivity contribution in [3.8, 4) is 5.75 Å². The van der Waals surface area contributed by atoms with Crippen molar-refractivity contribution in [1.82, 2.24) is 14.1 Å². The van der Waals surface area contributed by atoms with Crippen LogP contribution < -0.4 is 10.2 Å². The number of ether oxygens (including phenoxy) is 1. The highest BCUT2D eigenvalue weighted by molar-refractivity contribution is 7.86. The van der Waals surface area contributed by atoms with Crippen LogP contribution in [-0.4, -0.2) is 59.9 Å². The number of hydrogen-bond acceptors (Lipinski definition) is 5. The Labute approximate surface area is 153 Å². The number of carbonyl (C=O) groups excluding carboxylic acids is 1. The lowest BCUT2D eigenvalue weighted by atomic mass is 10.0. The van der Waals surface area contributed by atoms with Crippen LogP contribution in [-0.2, 0) is 15.0 Å². The fraction of sp³-hybridized carbons (Fsp3) is 0.588. The van der Waals surface area contributed by atoms with Gasteiger partial charge in [0.25, 0.3) is 16.1 Å². The first-order valence-corrected chi connectivity index (χ1v) is 10.3. The number of benzene rings is 1. The van der Waals surface area contributed by atoms with E-state index in [-0.39, 0.29) is 6.10 Å². The van der Waals surface area contributed by atoms with Crippen molar-refractivity contribution < 1.29 is 23.2 Å². The Kier molecular flexibility index (Phi) is 6.13. The van der Waals surface area contributed by atoms with Gasteiger partial charge in [0.1, 0.15) is 17.9 Å². The van der Waals surface area contributed by atoms with E-state index in [4.69, 9.17) is 9.94 Å². The molecule has 1 amide bonds. The SMILES string of the molecule is O=C(NO)C1CCCCN1S(=O)(=O)N1CCC(Oc2ccccc2)CC1. The molecule has 1 unspecified atom stereocenters. The van der Waals surface area contributed by atoms with E-state index in [1.807, 2.05) is 30.3 Å². The van der Waals surface area contributed by atoms with Crippen LogP contribution >= 0.6 is 0 Å². The molecule has 1 atom stereocenters. The highest BCUT2D eigenvalue weighted by atomic mass is 32.2. The van der Waals surface area contributed by atoms with Crippen LogP contribution in [0.25, 0.3) is 0 Å². The van der Waals surface area contributed by atoms with E-state index in [9.17, 15) is 13.2 Å². The number of nitrogens with one attached hydrogen (secondary N) is 1. The average Bonchev–Trinajstić information content (AvgIpc) is 2.68. The summed E-state index contributed by atoms with van der Waals surface area (Å²) in [4.78, 5) is 11.9. The van der Waals surface area contributed by atoms with Gasteiger partial charge < -0.3 is 4.74 Å². The summed E-state index contributed by atoms with van der Waals surface area (Å²) in [7, 11) is -3.75. The second-order valence-corrected chi connectivity index (χ2v) is 8.52. The van der Waals surface area contributed by atoms with Crippen LogP contribution in [0, 0.1) is 0 Å². The van der Waals surface area contributed by atoms with Crippen LogP contribution in [0.5, 0.6) is 5.75 Å². The number of rotatable bonds is 5. The van der Waals surface area contributed by atoms with E-state index in [0.29, 0.717) is 45.3 Å². The molecule has 2 N–H and O–H groups in total. The van der Waals surface area contributed by atoms with Crippen LogP contribution in [0.15, 0.2) is 30.3 Å². The summed E-state index contributed by atoms with van der Waals surface area (Å²) in [5, 5.41) is 8.90. The smallest absolute Gasteiger partial charge is 0.282 e. The lowest BCUT2D eigenvalue weighted by Gasteiger charge is -2.39. The summed E-state index contributed by atoms with van der Waals surface area (Å²) in [6.07, 6.45) is 3.05. The fourth-order valence-electron chi connectivity index (χ4n) is 3.54. The minimum atomic E-state index is -3.75. The molecule has 9 heteroatoms. The zero-order valence-corrected chi connectivity index (χ0v) is 15.4. The largest absolute Gasteiger partial charge is 0.490 e.